The van der Waals surface area contributed by atoms with E-state index in [9.17, 15) is 0 Å². The van der Waals surface area contributed by atoms with Crippen molar-refractivity contribution in [2.45, 2.75) is 64.7 Å². The van der Waals surface area contributed by atoms with Crippen LogP contribution in [0.4, 0.5) is 17.1 Å². The van der Waals surface area contributed by atoms with E-state index in [4.69, 9.17) is 0 Å². The molecular weight excluding hydrogens is 797 g/mol. The van der Waals surface area contributed by atoms with Gasteiger partial charge in [0.1, 0.15) is 0 Å². The molecule has 0 N–H and O–H groups in total. The minimum atomic E-state index is -0.408. The van der Waals surface area contributed by atoms with Crippen molar-refractivity contribution in [1.29, 1.82) is 0 Å². The zero-order chi connectivity index (χ0) is 46.1. The van der Waals surface area contributed by atoms with Crippen molar-refractivity contribution in [2.75, 3.05) is 4.90 Å². The van der Waals surface area contributed by atoms with Crippen molar-refractivity contribution in [1.82, 2.24) is 4.57 Å². The van der Waals surface area contributed by atoms with E-state index in [2.05, 4.69) is 277 Å². The van der Waals surface area contributed by atoms with E-state index in [1.165, 1.54) is 66.5 Å². The molecule has 1 heterocycles. The first kappa shape index (κ1) is 43.8. The van der Waals surface area contributed by atoms with Crippen LogP contribution >= 0.6 is 0 Å². The standard InChI is InChI=1S/C64H60N2/c1-9-10-16-27-46(2)62(3,4)57-43-51(63(5,6)49-30-19-12-20-31-49)44-58(64(7,8)50-32-21-13-22-33-50)61(57)66-59-40-38-48(47-28-17-11-18-29-47)42-55(59)56-45-54(39-41-60(56)66)65(52-34-23-14-24-35-52)53-36-25-15-26-37-53/h9-45H,1H2,2-8H3/b16-10-,46-27+. The molecule has 0 fully saturated rings. The first-order valence-corrected chi connectivity index (χ1v) is 23.2. The predicted octanol–water partition coefficient (Wildman–Crippen LogP) is 17.5. The van der Waals surface area contributed by atoms with Crippen LogP contribution in [0.5, 0.6) is 0 Å². The van der Waals surface area contributed by atoms with E-state index in [-0.39, 0.29) is 5.41 Å². The summed E-state index contributed by atoms with van der Waals surface area (Å²) < 4.78 is 2.60. The number of benzene rings is 8. The van der Waals surface area contributed by atoms with Gasteiger partial charge in [0.05, 0.1) is 16.7 Å². The van der Waals surface area contributed by atoms with Gasteiger partial charge < -0.3 is 9.47 Å². The third kappa shape index (κ3) is 8.02. The lowest BCUT2D eigenvalue weighted by Gasteiger charge is -2.38. The third-order valence-electron chi connectivity index (χ3n) is 14.1. The lowest BCUT2D eigenvalue weighted by molar-refractivity contribution is 0.585. The van der Waals surface area contributed by atoms with Gasteiger partial charge in [0.25, 0.3) is 0 Å². The number of para-hydroxylation sites is 2. The maximum atomic E-state index is 3.97. The van der Waals surface area contributed by atoms with Crippen LogP contribution in [0.3, 0.4) is 0 Å². The molecule has 9 rings (SSSR count). The molecule has 0 saturated carbocycles. The van der Waals surface area contributed by atoms with Gasteiger partial charge in [0.2, 0.25) is 0 Å². The number of rotatable bonds is 13. The van der Waals surface area contributed by atoms with Crippen molar-refractivity contribution in [2.24, 2.45) is 0 Å². The van der Waals surface area contributed by atoms with E-state index in [0.29, 0.717) is 0 Å². The highest BCUT2D eigenvalue weighted by Crippen LogP contribution is 2.49. The summed E-state index contributed by atoms with van der Waals surface area (Å²) in [6.45, 7) is 20.6. The predicted molar refractivity (Wildman–Crippen MR) is 284 cm³/mol. The highest BCUT2D eigenvalue weighted by Gasteiger charge is 2.37. The minimum absolute atomic E-state index is 0.300. The van der Waals surface area contributed by atoms with E-state index < -0.39 is 10.8 Å². The molecule has 2 nitrogen and oxygen atoms in total. The fourth-order valence-electron chi connectivity index (χ4n) is 9.72. The largest absolute Gasteiger partial charge is 0.310 e. The van der Waals surface area contributed by atoms with Gasteiger partial charge in [-0.3, -0.25) is 0 Å². The molecule has 326 valence electrons. The smallest absolute Gasteiger partial charge is 0.0543 e. The zero-order valence-electron chi connectivity index (χ0n) is 39.5. The first-order chi connectivity index (χ1) is 31.9. The van der Waals surface area contributed by atoms with E-state index >= 15 is 0 Å². The SMILES string of the molecule is C=C/C=C\C=C(/C)C(C)(C)c1cc(C(C)(C)c2ccccc2)cc(C(C)(C)c2ccccc2)c1-n1c2ccc(-c3ccccc3)cc2c2cc(N(c3ccccc3)c3ccccc3)ccc21. The first-order valence-electron chi connectivity index (χ1n) is 23.2. The third-order valence-corrected chi connectivity index (χ3v) is 14.1. The number of fused-ring (bicyclic) bond motifs is 3. The molecule has 9 aromatic rings. The van der Waals surface area contributed by atoms with Crippen LogP contribution in [0.2, 0.25) is 0 Å². The van der Waals surface area contributed by atoms with E-state index in [1.807, 2.05) is 12.2 Å². The molecule has 0 saturated heterocycles. The Labute approximate surface area is 392 Å². The monoisotopic (exact) mass is 856 g/mol. The van der Waals surface area contributed by atoms with E-state index in [1.54, 1.807) is 0 Å². The van der Waals surface area contributed by atoms with Gasteiger partial charge in [0, 0.05) is 44.1 Å². The Morgan fingerprint density at radius 3 is 1.50 bits per heavy atom. The second-order valence-corrected chi connectivity index (χ2v) is 19.1. The Morgan fingerprint density at radius 1 is 0.455 bits per heavy atom. The summed E-state index contributed by atoms with van der Waals surface area (Å²) in [5.74, 6) is 0. The number of hydrogen-bond donors (Lipinski definition) is 0. The molecule has 66 heavy (non-hydrogen) atoms. The molecule has 2 heteroatoms. The van der Waals surface area contributed by atoms with Crippen LogP contribution in [0.25, 0.3) is 38.6 Å². The molecule has 0 bridgehead atoms. The summed E-state index contributed by atoms with van der Waals surface area (Å²) in [6, 6.07) is 73.4. The lowest BCUT2D eigenvalue weighted by Crippen LogP contribution is -2.30. The highest BCUT2D eigenvalue weighted by molar-refractivity contribution is 6.12. The summed E-state index contributed by atoms with van der Waals surface area (Å²) in [5.41, 5.74) is 15.8. The molecule has 0 radical (unpaired) electrons. The van der Waals surface area contributed by atoms with Gasteiger partial charge in [-0.25, -0.2) is 0 Å². The van der Waals surface area contributed by atoms with Crippen LogP contribution in [-0.4, -0.2) is 4.57 Å². The Bertz CT molecular complexity index is 3160. The van der Waals surface area contributed by atoms with Gasteiger partial charge in [-0.05, 0) is 100 Å². The molecule has 8 aromatic carbocycles. The normalized spacial score (nSPS) is 12.6. The molecular formula is C64H60N2. The fraction of sp³-hybridized carbons (Fsp3) is 0.156. The quantitative estimate of drug-likeness (QED) is 0.105. The average Bonchev–Trinajstić information content (AvgIpc) is 3.67. The fourth-order valence-corrected chi connectivity index (χ4v) is 9.72. The number of aromatic nitrogens is 1. The van der Waals surface area contributed by atoms with Crippen molar-refractivity contribution in [3.8, 4) is 16.8 Å². The minimum Gasteiger partial charge on any atom is -0.310 e. The Balaban J connectivity index is 1.44. The van der Waals surface area contributed by atoms with Crippen molar-refractivity contribution < 1.29 is 0 Å². The van der Waals surface area contributed by atoms with Gasteiger partial charge in [-0.2, -0.15) is 0 Å². The topological polar surface area (TPSA) is 8.17 Å². The second-order valence-electron chi connectivity index (χ2n) is 19.1. The number of hydrogen-bond acceptors (Lipinski definition) is 1. The summed E-state index contributed by atoms with van der Waals surface area (Å²) in [5, 5.41) is 2.40. The molecule has 0 aliphatic rings. The number of allylic oxidation sites excluding steroid dienone is 5. The summed E-state index contributed by atoms with van der Waals surface area (Å²) >= 11 is 0. The van der Waals surface area contributed by atoms with Crippen LogP contribution in [-0.2, 0) is 16.2 Å². The van der Waals surface area contributed by atoms with Crippen LogP contribution < -0.4 is 4.90 Å². The van der Waals surface area contributed by atoms with Crippen molar-refractivity contribution >= 4 is 38.9 Å². The van der Waals surface area contributed by atoms with Gasteiger partial charge in [-0.15, -0.1) is 0 Å². The molecule has 0 aliphatic heterocycles. The van der Waals surface area contributed by atoms with Crippen molar-refractivity contribution in [3.63, 3.8) is 0 Å². The maximum Gasteiger partial charge on any atom is 0.0543 e. The average molecular weight is 857 g/mol. The van der Waals surface area contributed by atoms with E-state index in [0.717, 1.165) is 22.6 Å². The summed E-state index contributed by atoms with van der Waals surface area (Å²) in [4.78, 5) is 2.37. The maximum absolute atomic E-state index is 3.97. The Morgan fingerprint density at radius 2 is 0.939 bits per heavy atom. The summed E-state index contributed by atoms with van der Waals surface area (Å²) in [7, 11) is 0. The van der Waals surface area contributed by atoms with Gasteiger partial charge in [-0.1, -0.05) is 224 Å². The molecule has 0 amide bonds. The van der Waals surface area contributed by atoms with Gasteiger partial charge >= 0.3 is 0 Å². The lowest BCUT2D eigenvalue weighted by atomic mass is 9.68. The van der Waals surface area contributed by atoms with Crippen LogP contribution in [0.1, 0.15) is 76.3 Å². The molecule has 1 aromatic heterocycles. The van der Waals surface area contributed by atoms with Crippen LogP contribution in [0, 0.1) is 0 Å². The Kier molecular flexibility index (Phi) is 11.9. The number of anilines is 3. The number of nitrogens with zero attached hydrogens (tertiary/aromatic N) is 2. The second kappa shape index (κ2) is 17.9. The van der Waals surface area contributed by atoms with Crippen molar-refractivity contribution in [3.05, 3.63) is 264 Å². The summed E-state index contributed by atoms with van der Waals surface area (Å²) in [6.07, 6.45) is 8.24. The Hall–Kier alpha value is -7.42. The molecule has 0 spiro atoms. The van der Waals surface area contributed by atoms with Gasteiger partial charge in [0.15, 0.2) is 0 Å². The highest BCUT2D eigenvalue weighted by atomic mass is 15.1. The zero-order valence-corrected chi connectivity index (χ0v) is 39.5. The molecule has 0 unspecified atom stereocenters. The molecule has 0 atom stereocenters. The molecule has 0 aliphatic carbocycles. The van der Waals surface area contributed by atoms with Crippen LogP contribution in [0.15, 0.2) is 237 Å².